The molecule has 3 atom stereocenters. The van der Waals surface area contributed by atoms with E-state index in [0.717, 1.165) is 25.9 Å². The van der Waals surface area contributed by atoms with Gasteiger partial charge in [0.2, 0.25) is 0 Å². The first-order chi connectivity index (χ1) is 8.27. The van der Waals surface area contributed by atoms with Gasteiger partial charge in [-0.2, -0.15) is 13.2 Å². The lowest BCUT2D eigenvalue weighted by Gasteiger charge is -2.36. The molecule has 2 N–H and O–H groups in total. The van der Waals surface area contributed by atoms with Crippen molar-refractivity contribution in [3.63, 3.8) is 0 Å². The lowest BCUT2D eigenvalue weighted by molar-refractivity contribution is -0.185. The van der Waals surface area contributed by atoms with Crippen LogP contribution in [0.3, 0.4) is 0 Å². The van der Waals surface area contributed by atoms with Gasteiger partial charge in [-0.1, -0.05) is 6.92 Å². The van der Waals surface area contributed by atoms with E-state index >= 15 is 0 Å². The molecule has 1 saturated heterocycles. The summed E-state index contributed by atoms with van der Waals surface area (Å²) in [5.74, 6) is 0. The molecule has 3 nitrogen and oxygen atoms in total. The second-order valence-corrected chi connectivity index (χ2v) is 5.21. The fourth-order valence-corrected chi connectivity index (χ4v) is 2.91. The molecule has 0 amide bonds. The second-order valence-electron chi connectivity index (χ2n) is 5.21. The Bertz CT molecular complexity index is 255. The van der Waals surface area contributed by atoms with E-state index in [2.05, 4.69) is 4.90 Å². The number of likely N-dealkylation sites (N-methyl/N-ethyl adjacent to an activating group) is 2. The van der Waals surface area contributed by atoms with Crippen LogP contribution in [-0.2, 0) is 0 Å². The van der Waals surface area contributed by atoms with Crippen LogP contribution in [0.2, 0.25) is 0 Å². The molecule has 0 radical (unpaired) electrons. The molecule has 0 saturated carbocycles. The molecule has 0 aromatic heterocycles. The minimum atomic E-state index is -4.27. The van der Waals surface area contributed by atoms with Gasteiger partial charge in [-0.05, 0) is 39.9 Å². The van der Waals surface area contributed by atoms with Gasteiger partial charge in [0.15, 0.2) is 0 Å². The van der Waals surface area contributed by atoms with Gasteiger partial charge in [0.05, 0.1) is 0 Å². The number of likely N-dealkylation sites (tertiary alicyclic amines) is 1. The van der Waals surface area contributed by atoms with Crippen molar-refractivity contribution in [3.05, 3.63) is 0 Å². The van der Waals surface area contributed by atoms with Crippen molar-refractivity contribution in [3.8, 4) is 0 Å². The summed E-state index contributed by atoms with van der Waals surface area (Å²) in [4.78, 5) is 3.61. The molecule has 0 aliphatic carbocycles. The summed E-state index contributed by atoms with van der Waals surface area (Å²) in [6.45, 7) is 5.78. The lowest BCUT2D eigenvalue weighted by Crippen LogP contribution is -2.56. The number of nitrogens with zero attached hydrogens (tertiary/aromatic N) is 2. The molecule has 0 aromatic carbocycles. The molecule has 6 heteroatoms. The third kappa shape index (κ3) is 3.83. The first-order valence-electron chi connectivity index (χ1n) is 6.54. The molecule has 0 bridgehead atoms. The van der Waals surface area contributed by atoms with Crippen LogP contribution in [0.1, 0.15) is 26.7 Å². The molecule has 1 aliphatic rings. The molecule has 18 heavy (non-hydrogen) atoms. The van der Waals surface area contributed by atoms with Crippen LogP contribution in [0.25, 0.3) is 0 Å². The minimum absolute atomic E-state index is 0.226. The highest BCUT2D eigenvalue weighted by Gasteiger charge is 2.45. The molecule has 3 unspecified atom stereocenters. The van der Waals surface area contributed by atoms with Gasteiger partial charge in [0.1, 0.15) is 6.04 Å². The first kappa shape index (κ1) is 15.7. The molecule has 108 valence electrons. The quantitative estimate of drug-likeness (QED) is 0.822. The zero-order valence-corrected chi connectivity index (χ0v) is 11.4. The number of halogens is 3. The number of alkyl halides is 3. The van der Waals surface area contributed by atoms with Crippen molar-refractivity contribution in [1.82, 2.24) is 9.80 Å². The highest BCUT2D eigenvalue weighted by Crippen LogP contribution is 2.27. The Labute approximate surface area is 107 Å². The zero-order valence-electron chi connectivity index (χ0n) is 11.4. The standard InChI is InChI=1S/C12H24F3N3/c1-4-18-7-5-6-10(18)8-17(3)11(9(2)16)12(13,14)15/h9-11H,4-8,16H2,1-3H3. The predicted octanol–water partition coefficient (Wildman–Crippen LogP) is 1.68. The molecule has 0 aromatic rings. The van der Waals surface area contributed by atoms with Crippen molar-refractivity contribution in [1.29, 1.82) is 0 Å². The highest BCUT2D eigenvalue weighted by molar-refractivity contribution is 4.88. The summed E-state index contributed by atoms with van der Waals surface area (Å²) in [7, 11) is 1.52. The number of nitrogens with two attached hydrogens (primary N) is 1. The van der Waals surface area contributed by atoms with Crippen LogP contribution in [0.15, 0.2) is 0 Å². The van der Waals surface area contributed by atoms with E-state index in [1.807, 2.05) is 6.92 Å². The average Bonchev–Trinajstić information content (AvgIpc) is 2.61. The molecule has 1 rings (SSSR count). The van der Waals surface area contributed by atoms with Gasteiger partial charge in [-0.3, -0.25) is 9.80 Å². The number of rotatable bonds is 5. The van der Waals surface area contributed by atoms with E-state index in [-0.39, 0.29) is 6.04 Å². The molecule has 1 heterocycles. The number of hydrogen-bond acceptors (Lipinski definition) is 3. The van der Waals surface area contributed by atoms with Crippen LogP contribution < -0.4 is 5.73 Å². The van der Waals surface area contributed by atoms with E-state index in [4.69, 9.17) is 5.73 Å². The Hall–Kier alpha value is -0.330. The largest absolute Gasteiger partial charge is 0.405 e. The van der Waals surface area contributed by atoms with Gasteiger partial charge in [-0.25, -0.2) is 0 Å². The molecular weight excluding hydrogens is 243 g/mol. The summed E-state index contributed by atoms with van der Waals surface area (Å²) < 4.78 is 38.8. The van der Waals surface area contributed by atoms with Crippen LogP contribution >= 0.6 is 0 Å². The predicted molar refractivity (Wildman–Crippen MR) is 66.4 cm³/mol. The van der Waals surface area contributed by atoms with Gasteiger partial charge in [-0.15, -0.1) is 0 Å². The van der Waals surface area contributed by atoms with Crippen molar-refractivity contribution < 1.29 is 13.2 Å². The third-order valence-electron chi connectivity index (χ3n) is 3.71. The Morgan fingerprint density at radius 1 is 1.44 bits per heavy atom. The Kier molecular flexibility index (Phi) is 5.43. The van der Waals surface area contributed by atoms with Gasteiger partial charge < -0.3 is 5.73 Å². The van der Waals surface area contributed by atoms with Crippen LogP contribution in [-0.4, -0.2) is 60.8 Å². The first-order valence-corrected chi connectivity index (χ1v) is 6.54. The Morgan fingerprint density at radius 3 is 2.50 bits per heavy atom. The van der Waals surface area contributed by atoms with E-state index in [1.165, 1.54) is 18.9 Å². The molecule has 1 fully saturated rings. The molecule has 1 aliphatic heterocycles. The van der Waals surface area contributed by atoms with Crippen LogP contribution in [0, 0.1) is 0 Å². The van der Waals surface area contributed by atoms with Crippen molar-refractivity contribution >= 4 is 0 Å². The lowest BCUT2D eigenvalue weighted by atomic mass is 10.1. The van der Waals surface area contributed by atoms with Gasteiger partial charge >= 0.3 is 6.18 Å². The second kappa shape index (κ2) is 6.21. The summed E-state index contributed by atoms with van der Waals surface area (Å²) in [6.07, 6.45) is -2.22. The maximum atomic E-state index is 12.9. The van der Waals surface area contributed by atoms with E-state index in [9.17, 15) is 13.2 Å². The van der Waals surface area contributed by atoms with Crippen molar-refractivity contribution in [2.75, 3.05) is 26.7 Å². The topological polar surface area (TPSA) is 32.5 Å². The smallest absolute Gasteiger partial charge is 0.326 e. The number of hydrogen-bond donors (Lipinski definition) is 1. The van der Waals surface area contributed by atoms with Crippen molar-refractivity contribution in [2.45, 2.75) is 51.0 Å². The normalized spacial score (nSPS) is 25.7. The van der Waals surface area contributed by atoms with Crippen LogP contribution in [0.5, 0.6) is 0 Å². The zero-order chi connectivity index (χ0) is 13.9. The Balaban J connectivity index is 2.64. The SMILES string of the molecule is CCN1CCCC1CN(C)C(C(C)N)C(F)(F)F. The van der Waals surface area contributed by atoms with Gasteiger partial charge in [0, 0.05) is 18.6 Å². The van der Waals surface area contributed by atoms with E-state index in [0.29, 0.717) is 6.54 Å². The monoisotopic (exact) mass is 267 g/mol. The maximum Gasteiger partial charge on any atom is 0.405 e. The fourth-order valence-electron chi connectivity index (χ4n) is 2.91. The fraction of sp³-hybridized carbons (Fsp3) is 1.00. The highest BCUT2D eigenvalue weighted by atomic mass is 19.4. The van der Waals surface area contributed by atoms with Crippen molar-refractivity contribution in [2.24, 2.45) is 5.73 Å². The Morgan fingerprint density at radius 2 is 2.06 bits per heavy atom. The summed E-state index contributed by atoms with van der Waals surface area (Å²) in [5, 5.41) is 0. The van der Waals surface area contributed by atoms with E-state index < -0.39 is 18.3 Å². The maximum absolute atomic E-state index is 12.9. The average molecular weight is 267 g/mol. The van der Waals surface area contributed by atoms with E-state index in [1.54, 1.807) is 0 Å². The minimum Gasteiger partial charge on any atom is -0.326 e. The summed E-state index contributed by atoms with van der Waals surface area (Å²) in [6, 6.07) is -2.24. The van der Waals surface area contributed by atoms with Gasteiger partial charge in [0.25, 0.3) is 0 Å². The van der Waals surface area contributed by atoms with Crippen LogP contribution in [0.4, 0.5) is 13.2 Å². The third-order valence-corrected chi connectivity index (χ3v) is 3.71. The summed E-state index contributed by atoms with van der Waals surface area (Å²) in [5.41, 5.74) is 5.49. The molecule has 0 spiro atoms. The molecular formula is C12H24F3N3. The summed E-state index contributed by atoms with van der Waals surface area (Å²) >= 11 is 0.